The Morgan fingerprint density at radius 1 is 0.938 bits per heavy atom. The number of hydrogen-bond donors (Lipinski definition) is 0. The van der Waals surface area contributed by atoms with Gasteiger partial charge in [0.1, 0.15) is 0 Å². The van der Waals surface area contributed by atoms with Gasteiger partial charge < -0.3 is 0 Å². The Labute approximate surface area is 199 Å². The first-order valence-corrected chi connectivity index (χ1v) is 9.91. The van der Waals surface area contributed by atoms with Crippen molar-refractivity contribution in [2.75, 3.05) is 33.9 Å². The predicted octanol–water partition coefficient (Wildman–Crippen LogP) is 2.67. The molecule has 0 bridgehead atoms. The average Bonchev–Trinajstić information content (AvgIpc) is 3.50. The van der Waals surface area contributed by atoms with Crippen LogP contribution in [0.25, 0.3) is 0 Å². The SMILES string of the molecule is CCO[C](=[Cr])/C=C(/N(C)C)C1(CCCC2(C)OCCO2)CC1.[C-]#[O+].[C-]#[O+].[C-]#[O+].[C-]#[O+].[C-]#[O+]. The van der Waals surface area contributed by atoms with Crippen molar-refractivity contribution in [1.82, 2.24) is 4.90 Å². The molecule has 10 heteroatoms. The molecular formula is C22H29CrNO8. The second-order valence-electron chi connectivity index (χ2n) is 6.64. The van der Waals surface area contributed by atoms with Crippen LogP contribution in [-0.2, 0) is 53.3 Å². The molecule has 0 radical (unpaired) electrons. The molecule has 0 atom stereocenters. The molecule has 2 fully saturated rings. The zero-order valence-corrected chi connectivity index (χ0v) is 20.1. The molecule has 0 aromatic carbocycles. The number of nitrogens with zero attached hydrogens (tertiary/aromatic N) is 1. The molecular weight excluding hydrogens is 458 g/mol. The van der Waals surface area contributed by atoms with Crippen LogP contribution < -0.4 is 0 Å². The van der Waals surface area contributed by atoms with Crippen LogP contribution in [0.5, 0.6) is 0 Å². The van der Waals surface area contributed by atoms with Gasteiger partial charge in [-0.15, -0.1) is 0 Å². The van der Waals surface area contributed by atoms with E-state index in [2.05, 4.69) is 81.1 Å². The van der Waals surface area contributed by atoms with Gasteiger partial charge in [-0.05, 0) is 0 Å². The van der Waals surface area contributed by atoms with E-state index >= 15 is 0 Å². The Balaban J connectivity index is -0.000000345. The van der Waals surface area contributed by atoms with Crippen molar-refractivity contribution in [3.8, 4) is 0 Å². The van der Waals surface area contributed by atoms with Gasteiger partial charge in [0.2, 0.25) is 0 Å². The summed E-state index contributed by atoms with van der Waals surface area (Å²) in [5.74, 6) is -0.362. The van der Waals surface area contributed by atoms with E-state index in [1.54, 1.807) is 0 Å². The molecule has 2 aliphatic rings. The Bertz CT molecular complexity index is 589. The topological polar surface area (TPSA) is 130 Å². The first kappa shape index (κ1) is 37.8. The zero-order valence-electron chi connectivity index (χ0n) is 18.9. The number of ether oxygens (including phenoxy) is 3. The molecule has 2 rings (SSSR count). The zero-order chi connectivity index (χ0) is 26.2. The van der Waals surface area contributed by atoms with Crippen molar-refractivity contribution in [2.24, 2.45) is 5.41 Å². The van der Waals surface area contributed by atoms with Crippen LogP contribution in [0.3, 0.4) is 0 Å². The van der Waals surface area contributed by atoms with Crippen molar-refractivity contribution in [1.29, 1.82) is 0 Å². The van der Waals surface area contributed by atoms with Gasteiger partial charge in [-0.2, -0.15) is 0 Å². The first-order valence-electron chi connectivity index (χ1n) is 9.27. The third kappa shape index (κ3) is 15.3. The minimum atomic E-state index is -0.362. The van der Waals surface area contributed by atoms with Crippen molar-refractivity contribution < 1.29 is 53.3 Å². The molecule has 1 saturated heterocycles. The van der Waals surface area contributed by atoms with Gasteiger partial charge in [-0.1, -0.05) is 0 Å². The molecule has 0 aromatic rings. The number of allylic oxidation sites excluding steroid dienone is 1. The van der Waals surface area contributed by atoms with E-state index in [0.717, 1.165) is 30.6 Å². The molecule has 0 unspecified atom stereocenters. The van der Waals surface area contributed by atoms with Gasteiger partial charge >= 0.3 is 199 Å². The first-order chi connectivity index (χ1) is 15.4. The third-order valence-electron chi connectivity index (χ3n) is 4.60. The van der Waals surface area contributed by atoms with Gasteiger partial charge in [0.05, 0.1) is 0 Å². The monoisotopic (exact) mass is 487 g/mol. The van der Waals surface area contributed by atoms with Gasteiger partial charge in [-0.3, -0.25) is 0 Å². The molecule has 0 amide bonds. The number of rotatable bonds is 9. The Hall–Kier alpha value is -1.48. The molecule has 9 nitrogen and oxygen atoms in total. The predicted molar refractivity (Wildman–Crippen MR) is 104 cm³/mol. The van der Waals surface area contributed by atoms with E-state index in [4.69, 9.17) is 37.5 Å². The standard InChI is InChI=1S/C17H29NO3.5CO.Cr/c1-5-19-12-7-15(18(3)4)17(10-11-17)9-6-8-16(2)20-13-14-21-16;5*1-2;/h7H,5-6,8-11,13-14H2,1-4H3;;;;;;/b15-7+;;;;;;. The van der Waals surface area contributed by atoms with Crippen LogP contribution in [0.1, 0.15) is 46.0 Å². The maximum absolute atomic E-state index is 7.50. The van der Waals surface area contributed by atoms with E-state index in [0.29, 0.717) is 12.0 Å². The van der Waals surface area contributed by atoms with Crippen LogP contribution in [-0.4, -0.2) is 49.2 Å². The molecule has 0 N–H and O–H groups in total. The summed E-state index contributed by atoms with van der Waals surface area (Å²) in [7, 11) is 4.24. The van der Waals surface area contributed by atoms with Crippen LogP contribution in [0.15, 0.2) is 11.8 Å². The van der Waals surface area contributed by atoms with Crippen molar-refractivity contribution >= 4 is 4.57 Å². The van der Waals surface area contributed by atoms with Gasteiger partial charge in [0, 0.05) is 0 Å². The maximum atomic E-state index is 7.50. The van der Waals surface area contributed by atoms with Crippen molar-refractivity contribution in [3.63, 3.8) is 0 Å². The van der Waals surface area contributed by atoms with Gasteiger partial charge in [0.25, 0.3) is 0 Å². The Morgan fingerprint density at radius 2 is 1.38 bits per heavy atom. The van der Waals surface area contributed by atoms with Crippen molar-refractivity contribution in [3.05, 3.63) is 45.0 Å². The Morgan fingerprint density at radius 3 is 1.72 bits per heavy atom. The van der Waals surface area contributed by atoms with Crippen molar-refractivity contribution in [2.45, 2.75) is 51.7 Å². The average molecular weight is 487 g/mol. The van der Waals surface area contributed by atoms with E-state index in [-0.39, 0.29) is 5.79 Å². The second-order valence-corrected chi connectivity index (χ2v) is 7.27. The summed E-state index contributed by atoms with van der Waals surface area (Å²) in [4.78, 5) is 2.23. The summed E-state index contributed by atoms with van der Waals surface area (Å²) in [6.45, 7) is 28.7. The van der Waals surface area contributed by atoms with Gasteiger partial charge in [-0.25, -0.2) is 0 Å². The molecule has 0 aromatic heterocycles. The molecule has 32 heavy (non-hydrogen) atoms. The summed E-state index contributed by atoms with van der Waals surface area (Å²) in [5.41, 5.74) is 1.68. The Kier molecular flexibility index (Phi) is 28.6. The van der Waals surface area contributed by atoms with E-state index < -0.39 is 0 Å². The molecule has 1 aliphatic carbocycles. The van der Waals surface area contributed by atoms with E-state index in [1.165, 1.54) is 25.0 Å². The van der Waals surface area contributed by atoms with Crippen LogP contribution in [0, 0.1) is 38.7 Å². The molecule has 1 heterocycles. The second kappa shape index (κ2) is 24.2. The van der Waals surface area contributed by atoms with E-state index in [1.807, 2.05) is 6.92 Å². The summed E-state index contributed by atoms with van der Waals surface area (Å²) in [6.07, 6.45) is 7.96. The summed E-state index contributed by atoms with van der Waals surface area (Å²) in [6, 6.07) is 0. The van der Waals surface area contributed by atoms with E-state index in [9.17, 15) is 0 Å². The third-order valence-corrected chi connectivity index (χ3v) is 4.97. The van der Waals surface area contributed by atoms with Crippen LogP contribution >= 0.6 is 0 Å². The number of hydrogen-bond acceptors (Lipinski definition) is 4. The fourth-order valence-electron chi connectivity index (χ4n) is 3.29. The van der Waals surface area contributed by atoms with Gasteiger partial charge in [0.15, 0.2) is 0 Å². The fourth-order valence-corrected chi connectivity index (χ4v) is 3.64. The molecule has 1 saturated carbocycles. The molecule has 0 spiro atoms. The minimum absolute atomic E-state index is 0.310. The normalized spacial score (nSPS) is 15.9. The summed E-state index contributed by atoms with van der Waals surface area (Å²) in [5, 5.41) is 0. The van der Waals surface area contributed by atoms with Crippen LogP contribution in [0.2, 0.25) is 0 Å². The van der Waals surface area contributed by atoms with Crippen LogP contribution in [0.4, 0.5) is 0 Å². The molecule has 176 valence electrons. The molecule has 1 aliphatic heterocycles. The summed E-state index contributed by atoms with van der Waals surface area (Å²) < 4.78 is 55.4. The summed E-state index contributed by atoms with van der Waals surface area (Å²) >= 11 is 3.02. The quantitative estimate of drug-likeness (QED) is 0.365. The fraction of sp³-hybridized carbons (Fsp3) is 0.636.